The van der Waals surface area contributed by atoms with Crippen molar-refractivity contribution in [3.05, 3.63) is 0 Å². The molecule has 0 aromatic carbocycles. The van der Waals surface area contributed by atoms with Gasteiger partial charge in [0.25, 0.3) is 0 Å². The highest BCUT2D eigenvalue weighted by atomic mass is 16.4. The largest absolute Gasteiger partial charge is 0.481 e. The van der Waals surface area contributed by atoms with Crippen LogP contribution in [-0.2, 0) is 4.79 Å². The SMILES string of the molecule is CC(C)CCN1C(C)CNCC1CC(=O)O. The number of hydrogen-bond acceptors (Lipinski definition) is 3. The van der Waals surface area contributed by atoms with Gasteiger partial charge in [0.15, 0.2) is 0 Å². The van der Waals surface area contributed by atoms with Crippen molar-refractivity contribution in [2.24, 2.45) is 5.92 Å². The third-order valence-electron chi connectivity index (χ3n) is 3.23. The van der Waals surface area contributed by atoms with Gasteiger partial charge in [0.2, 0.25) is 0 Å². The molecule has 0 aromatic heterocycles. The zero-order chi connectivity index (χ0) is 12.1. The van der Waals surface area contributed by atoms with Crippen molar-refractivity contribution in [3.63, 3.8) is 0 Å². The molecule has 0 bridgehead atoms. The van der Waals surface area contributed by atoms with Crippen molar-refractivity contribution >= 4 is 5.97 Å². The smallest absolute Gasteiger partial charge is 0.304 e. The Kier molecular flexibility index (Phi) is 5.22. The Morgan fingerprint density at radius 3 is 2.75 bits per heavy atom. The van der Waals surface area contributed by atoms with Crippen molar-refractivity contribution < 1.29 is 9.90 Å². The van der Waals surface area contributed by atoms with Crippen LogP contribution < -0.4 is 5.32 Å². The molecule has 4 heteroatoms. The van der Waals surface area contributed by atoms with Crippen LogP contribution in [0.25, 0.3) is 0 Å². The Bertz CT molecular complexity index is 231. The monoisotopic (exact) mass is 228 g/mol. The molecule has 2 unspecified atom stereocenters. The summed E-state index contributed by atoms with van der Waals surface area (Å²) in [6.45, 7) is 9.36. The minimum absolute atomic E-state index is 0.153. The number of aliphatic carboxylic acids is 1. The molecule has 0 aliphatic carbocycles. The number of hydrogen-bond donors (Lipinski definition) is 2. The molecule has 0 amide bonds. The molecule has 94 valence electrons. The number of rotatable bonds is 5. The normalized spacial score (nSPS) is 27.2. The maximum atomic E-state index is 10.8. The van der Waals surface area contributed by atoms with Crippen LogP contribution in [0.15, 0.2) is 0 Å². The van der Waals surface area contributed by atoms with E-state index in [1.165, 1.54) is 0 Å². The first kappa shape index (κ1) is 13.5. The Balaban J connectivity index is 2.52. The Hall–Kier alpha value is -0.610. The summed E-state index contributed by atoms with van der Waals surface area (Å²) in [5.74, 6) is -0.0250. The molecule has 2 atom stereocenters. The van der Waals surface area contributed by atoms with Crippen LogP contribution in [0.1, 0.15) is 33.6 Å². The van der Waals surface area contributed by atoms with Crippen LogP contribution in [0.4, 0.5) is 0 Å². The van der Waals surface area contributed by atoms with E-state index in [1.807, 2.05) is 0 Å². The minimum atomic E-state index is -0.699. The van der Waals surface area contributed by atoms with Crippen molar-refractivity contribution in [1.82, 2.24) is 10.2 Å². The first-order valence-electron chi connectivity index (χ1n) is 6.19. The van der Waals surface area contributed by atoms with Gasteiger partial charge in [-0.25, -0.2) is 0 Å². The molecular formula is C12H24N2O2. The van der Waals surface area contributed by atoms with E-state index >= 15 is 0 Å². The molecule has 1 aliphatic heterocycles. The molecule has 1 aliphatic rings. The van der Waals surface area contributed by atoms with Crippen LogP contribution in [0, 0.1) is 5.92 Å². The number of carboxylic acids is 1. The minimum Gasteiger partial charge on any atom is -0.481 e. The van der Waals surface area contributed by atoms with E-state index < -0.39 is 5.97 Å². The lowest BCUT2D eigenvalue weighted by Gasteiger charge is -2.41. The fraction of sp³-hybridized carbons (Fsp3) is 0.917. The van der Waals surface area contributed by atoms with Crippen molar-refractivity contribution in [1.29, 1.82) is 0 Å². The van der Waals surface area contributed by atoms with Gasteiger partial charge < -0.3 is 10.4 Å². The number of nitrogens with zero attached hydrogens (tertiary/aromatic N) is 1. The van der Waals surface area contributed by atoms with Gasteiger partial charge in [-0.1, -0.05) is 13.8 Å². The van der Waals surface area contributed by atoms with Gasteiger partial charge in [-0.15, -0.1) is 0 Å². The molecule has 0 radical (unpaired) electrons. The zero-order valence-electron chi connectivity index (χ0n) is 10.6. The Morgan fingerprint density at radius 2 is 2.19 bits per heavy atom. The van der Waals surface area contributed by atoms with Crippen LogP contribution in [0.3, 0.4) is 0 Å². The highest BCUT2D eigenvalue weighted by molar-refractivity contribution is 5.67. The first-order valence-corrected chi connectivity index (χ1v) is 6.19. The lowest BCUT2D eigenvalue weighted by Crippen LogP contribution is -2.57. The molecule has 2 N–H and O–H groups in total. The number of piperazine rings is 1. The van der Waals surface area contributed by atoms with Crippen LogP contribution >= 0.6 is 0 Å². The molecular weight excluding hydrogens is 204 g/mol. The number of nitrogens with one attached hydrogen (secondary N) is 1. The van der Waals surface area contributed by atoms with Gasteiger partial charge in [-0.2, -0.15) is 0 Å². The Morgan fingerprint density at radius 1 is 1.50 bits per heavy atom. The summed E-state index contributed by atoms with van der Waals surface area (Å²) in [6.07, 6.45) is 1.38. The highest BCUT2D eigenvalue weighted by Gasteiger charge is 2.28. The zero-order valence-corrected chi connectivity index (χ0v) is 10.6. The topological polar surface area (TPSA) is 52.6 Å². The number of carboxylic acid groups (broad SMARTS) is 1. The summed E-state index contributed by atoms with van der Waals surface area (Å²) < 4.78 is 0. The van der Waals surface area contributed by atoms with Crippen molar-refractivity contribution in [2.75, 3.05) is 19.6 Å². The summed E-state index contributed by atoms with van der Waals surface area (Å²) in [4.78, 5) is 13.2. The molecule has 0 spiro atoms. The predicted molar refractivity (Wildman–Crippen MR) is 64.5 cm³/mol. The Labute approximate surface area is 98.0 Å². The van der Waals surface area contributed by atoms with Gasteiger partial charge in [0.05, 0.1) is 6.42 Å². The second-order valence-electron chi connectivity index (χ2n) is 5.18. The average molecular weight is 228 g/mol. The molecule has 1 heterocycles. The molecule has 16 heavy (non-hydrogen) atoms. The predicted octanol–water partition coefficient (Wildman–Crippen LogP) is 1.17. The maximum absolute atomic E-state index is 10.8. The van der Waals surface area contributed by atoms with Crippen molar-refractivity contribution in [2.45, 2.75) is 45.7 Å². The van der Waals surface area contributed by atoms with Gasteiger partial charge in [0.1, 0.15) is 0 Å². The van der Waals surface area contributed by atoms with Crippen LogP contribution in [0.5, 0.6) is 0 Å². The first-order chi connectivity index (χ1) is 7.50. The summed E-state index contributed by atoms with van der Waals surface area (Å²) in [6, 6.07) is 0.594. The fourth-order valence-electron chi connectivity index (χ4n) is 2.25. The molecule has 1 saturated heterocycles. The van der Waals surface area contributed by atoms with Gasteiger partial charge in [0, 0.05) is 25.2 Å². The molecule has 1 rings (SSSR count). The van der Waals surface area contributed by atoms with E-state index in [0.29, 0.717) is 12.0 Å². The van der Waals surface area contributed by atoms with E-state index in [0.717, 1.165) is 26.1 Å². The lowest BCUT2D eigenvalue weighted by atomic mass is 10.0. The quantitative estimate of drug-likeness (QED) is 0.741. The summed E-state index contributed by atoms with van der Waals surface area (Å²) in [7, 11) is 0. The third-order valence-corrected chi connectivity index (χ3v) is 3.23. The lowest BCUT2D eigenvalue weighted by molar-refractivity contribution is -0.138. The summed E-state index contributed by atoms with van der Waals surface area (Å²) >= 11 is 0. The van der Waals surface area contributed by atoms with E-state index in [2.05, 4.69) is 31.0 Å². The molecule has 4 nitrogen and oxygen atoms in total. The second-order valence-corrected chi connectivity index (χ2v) is 5.18. The standard InChI is InChI=1S/C12H24N2O2/c1-9(2)4-5-14-10(3)7-13-8-11(14)6-12(15)16/h9-11,13H,4-8H2,1-3H3,(H,15,16). The molecule has 0 aromatic rings. The van der Waals surface area contributed by atoms with Gasteiger partial charge in [-0.3, -0.25) is 9.69 Å². The highest BCUT2D eigenvalue weighted by Crippen LogP contribution is 2.15. The maximum Gasteiger partial charge on any atom is 0.304 e. The summed E-state index contributed by atoms with van der Waals surface area (Å²) in [5.41, 5.74) is 0. The third kappa shape index (κ3) is 4.10. The summed E-state index contributed by atoms with van der Waals surface area (Å²) in [5, 5.41) is 12.2. The molecule has 0 saturated carbocycles. The van der Waals surface area contributed by atoms with Crippen molar-refractivity contribution in [3.8, 4) is 0 Å². The number of carbonyl (C=O) groups is 1. The van der Waals surface area contributed by atoms with E-state index in [1.54, 1.807) is 0 Å². The van der Waals surface area contributed by atoms with Gasteiger partial charge >= 0.3 is 5.97 Å². The van der Waals surface area contributed by atoms with E-state index in [9.17, 15) is 4.79 Å². The van der Waals surface area contributed by atoms with E-state index in [4.69, 9.17) is 5.11 Å². The van der Waals surface area contributed by atoms with Crippen LogP contribution in [0.2, 0.25) is 0 Å². The fourth-order valence-corrected chi connectivity index (χ4v) is 2.25. The van der Waals surface area contributed by atoms with Crippen LogP contribution in [-0.4, -0.2) is 47.7 Å². The second kappa shape index (κ2) is 6.21. The van der Waals surface area contributed by atoms with E-state index in [-0.39, 0.29) is 12.5 Å². The average Bonchev–Trinajstić information content (AvgIpc) is 2.15. The van der Waals surface area contributed by atoms with Gasteiger partial charge in [-0.05, 0) is 25.8 Å². The molecule has 1 fully saturated rings.